The second kappa shape index (κ2) is 10.9. The van der Waals surface area contributed by atoms with Crippen molar-refractivity contribution in [3.63, 3.8) is 0 Å². The maximum Gasteiger partial charge on any atom is 0.273 e. The molecular weight excluding hydrogens is 464 g/mol. The van der Waals surface area contributed by atoms with Crippen molar-refractivity contribution in [3.8, 4) is 0 Å². The van der Waals surface area contributed by atoms with E-state index in [1.165, 1.54) is 36.9 Å². The van der Waals surface area contributed by atoms with Crippen LogP contribution in [-0.4, -0.2) is 50.8 Å². The van der Waals surface area contributed by atoms with E-state index in [0.717, 1.165) is 4.90 Å². The molecule has 6 nitrogen and oxygen atoms in total. The van der Waals surface area contributed by atoms with E-state index >= 15 is 0 Å². The Hall–Kier alpha value is -2.75. The van der Waals surface area contributed by atoms with E-state index < -0.39 is 41.3 Å². The summed E-state index contributed by atoms with van der Waals surface area (Å²) in [5.74, 6) is -5.11. The number of hydrogen-bond acceptors (Lipinski definition) is 4. The van der Waals surface area contributed by atoms with Crippen molar-refractivity contribution in [1.29, 1.82) is 0 Å². The molecule has 1 N–H and O–H groups in total. The van der Waals surface area contributed by atoms with Crippen LogP contribution in [0.1, 0.15) is 42.9 Å². The van der Waals surface area contributed by atoms with Crippen LogP contribution < -0.4 is 5.32 Å². The number of amides is 2. The fourth-order valence-electron chi connectivity index (χ4n) is 3.82. The molecule has 178 valence electrons. The third-order valence-electron chi connectivity index (χ3n) is 5.52. The largest absolute Gasteiger partial charge is 0.351 e. The van der Waals surface area contributed by atoms with Gasteiger partial charge in [-0.15, -0.1) is 0 Å². The van der Waals surface area contributed by atoms with Gasteiger partial charge < -0.3 is 10.2 Å². The van der Waals surface area contributed by atoms with Gasteiger partial charge in [0.25, 0.3) is 11.5 Å². The predicted octanol–water partition coefficient (Wildman–Crippen LogP) is 3.96. The average Bonchev–Trinajstić information content (AvgIpc) is 2.78. The molecule has 1 saturated carbocycles. The zero-order valence-corrected chi connectivity index (χ0v) is 18.3. The van der Waals surface area contributed by atoms with Gasteiger partial charge >= 0.3 is 0 Å². The van der Waals surface area contributed by atoms with Gasteiger partial charge in [0.1, 0.15) is 18.2 Å². The predicted molar refractivity (Wildman–Crippen MR) is 113 cm³/mol. The first-order chi connectivity index (χ1) is 15.7. The normalized spacial score (nSPS) is 17.7. The Labute approximate surface area is 193 Å². The number of nitrogens with zero attached hydrogens (tertiary/aromatic N) is 3. The molecule has 1 fully saturated rings. The standard InChI is InChI=1S/C22H23ClF4N4O2/c23-19(25)21(33)31(9-6-14-2-1-3-16(24)10-14)18(15-11-28-13-29-12-15)20(32)30-17-4-7-22(26,27)8-5-17/h1-3,10-13,17-19H,4-9H2,(H,30,32). The number of halogens is 5. The molecule has 2 unspecified atom stereocenters. The maximum atomic E-state index is 13.9. The average molecular weight is 487 g/mol. The van der Waals surface area contributed by atoms with Gasteiger partial charge in [-0.1, -0.05) is 23.7 Å². The SMILES string of the molecule is O=C(NC1CCC(F)(F)CC1)C(c1cncnc1)N(CCc1cccc(F)c1)C(=O)C(F)Cl. The zero-order chi connectivity index (χ0) is 24.0. The second-order valence-corrected chi connectivity index (χ2v) is 8.31. The Bertz CT molecular complexity index is 954. The van der Waals surface area contributed by atoms with E-state index in [-0.39, 0.29) is 44.2 Å². The lowest BCUT2D eigenvalue weighted by atomic mass is 9.92. The first kappa shape index (κ1) is 24.9. The zero-order valence-electron chi connectivity index (χ0n) is 17.6. The Morgan fingerprint density at radius 3 is 2.48 bits per heavy atom. The van der Waals surface area contributed by atoms with Crippen LogP contribution in [0.5, 0.6) is 0 Å². The van der Waals surface area contributed by atoms with Crippen LogP contribution >= 0.6 is 11.6 Å². The van der Waals surface area contributed by atoms with E-state index in [2.05, 4.69) is 15.3 Å². The number of carbonyl (C=O) groups is 2. The van der Waals surface area contributed by atoms with Gasteiger partial charge in [0.2, 0.25) is 11.8 Å². The number of rotatable bonds is 8. The number of nitrogens with one attached hydrogen (secondary N) is 1. The van der Waals surface area contributed by atoms with Crippen molar-refractivity contribution in [2.75, 3.05) is 6.54 Å². The molecule has 0 spiro atoms. The fourth-order valence-corrected chi connectivity index (χ4v) is 3.95. The molecule has 1 aliphatic rings. The quantitative estimate of drug-likeness (QED) is 0.453. The van der Waals surface area contributed by atoms with Gasteiger partial charge in [-0.05, 0) is 37.0 Å². The molecule has 3 rings (SSSR count). The van der Waals surface area contributed by atoms with Crippen molar-refractivity contribution in [1.82, 2.24) is 20.2 Å². The molecule has 1 aromatic heterocycles. The van der Waals surface area contributed by atoms with Crippen molar-refractivity contribution in [2.24, 2.45) is 0 Å². The molecule has 0 radical (unpaired) electrons. The van der Waals surface area contributed by atoms with Gasteiger partial charge in [-0.2, -0.15) is 0 Å². The smallest absolute Gasteiger partial charge is 0.273 e. The van der Waals surface area contributed by atoms with Crippen LogP contribution in [0.3, 0.4) is 0 Å². The lowest BCUT2D eigenvalue weighted by molar-refractivity contribution is -0.143. The Morgan fingerprint density at radius 1 is 1.21 bits per heavy atom. The highest BCUT2D eigenvalue weighted by atomic mass is 35.5. The Morgan fingerprint density at radius 2 is 1.88 bits per heavy atom. The summed E-state index contributed by atoms with van der Waals surface area (Å²) in [7, 11) is 0. The molecule has 2 amide bonds. The lowest BCUT2D eigenvalue weighted by Gasteiger charge is -2.34. The van der Waals surface area contributed by atoms with Crippen molar-refractivity contribution in [3.05, 3.63) is 59.9 Å². The van der Waals surface area contributed by atoms with E-state index in [1.807, 2.05) is 0 Å². The second-order valence-electron chi connectivity index (χ2n) is 7.93. The number of carbonyl (C=O) groups excluding carboxylic acids is 2. The number of aromatic nitrogens is 2. The molecule has 2 aromatic rings. The van der Waals surface area contributed by atoms with Gasteiger partial charge in [-0.3, -0.25) is 9.59 Å². The Kier molecular flexibility index (Phi) is 8.23. The molecule has 1 heterocycles. The molecule has 11 heteroatoms. The third-order valence-corrected chi connectivity index (χ3v) is 5.71. The van der Waals surface area contributed by atoms with Gasteiger partial charge in [0, 0.05) is 43.4 Å². The van der Waals surface area contributed by atoms with Crippen LogP contribution in [0.4, 0.5) is 17.6 Å². The van der Waals surface area contributed by atoms with Crippen LogP contribution in [0.15, 0.2) is 43.0 Å². The molecule has 2 atom stereocenters. The third kappa shape index (κ3) is 6.86. The first-order valence-electron chi connectivity index (χ1n) is 10.4. The molecular formula is C22H23ClF4N4O2. The summed E-state index contributed by atoms with van der Waals surface area (Å²) < 4.78 is 54.4. The lowest BCUT2D eigenvalue weighted by Crippen LogP contribution is -2.49. The van der Waals surface area contributed by atoms with Gasteiger partial charge in [-0.25, -0.2) is 27.5 Å². The maximum absolute atomic E-state index is 13.9. The number of benzene rings is 1. The van der Waals surface area contributed by atoms with E-state index in [9.17, 15) is 27.2 Å². The van der Waals surface area contributed by atoms with Crippen molar-refractivity contribution in [2.45, 2.75) is 55.7 Å². The van der Waals surface area contributed by atoms with Crippen molar-refractivity contribution < 1.29 is 27.2 Å². The van der Waals surface area contributed by atoms with Crippen molar-refractivity contribution >= 4 is 23.4 Å². The minimum absolute atomic E-state index is 0.0647. The minimum atomic E-state index is -2.78. The van der Waals surface area contributed by atoms with Gasteiger partial charge in [0.05, 0.1) is 0 Å². The van der Waals surface area contributed by atoms with Crippen LogP contribution in [0, 0.1) is 5.82 Å². The summed E-state index contributed by atoms with van der Waals surface area (Å²) in [6, 6.07) is 3.76. The molecule has 1 aliphatic carbocycles. The van der Waals surface area contributed by atoms with Crippen LogP contribution in [-0.2, 0) is 16.0 Å². The molecule has 0 saturated heterocycles. The highest BCUT2D eigenvalue weighted by Gasteiger charge is 2.39. The van der Waals surface area contributed by atoms with Crippen LogP contribution in [0.2, 0.25) is 0 Å². The first-order valence-corrected chi connectivity index (χ1v) is 10.9. The summed E-state index contributed by atoms with van der Waals surface area (Å²) in [5, 5.41) is 2.69. The van der Waals surface area contributed by atoms with E-state index in [4.69, 9.17) is 11.6 Å². The summed E-state index contributed by atoms with van der Waals surface area (Å²) in [6.45, 7) is -0.162. The number of hydrogen-bond donors (Lipinski definition) is 1. The highest BCUT2D eigenvalue weighted by molar-refractivity contribution is 6.29. The summed E-state index contributed by atoms with van der Waals surface area (Å²) in [4.78, 5) is 34.6. The summed E-state index contributed by atoms with van der Waals surface area (Å²) >= 11 is 5.43. The van der Waals surface area contributed by atoms with Crippen LogP contribution in [0.25, 0.3) is 0 Å². The van der Waals surface area contributed by atoms with E-state index in [1.54, 1.807) is 6.07 Å². The number of alkyl halides is 4. The minimum Gasteiger partial charge on any atom is -0.351 e. The Balaban J connectivity index is 1.85. The molecule has 33 heavy (non-hydrogen) atoms. The van der Waals surface area contributed by atoms with E-state index in [0.29, 0.717) is 5.56 Å². The fraction of sp³-hybridized carbons (Fsp3) is 0.455. The monoisotopic (exact) mass is 486 g/mol. The summed E-state index contributed by atoms with van der Waals surface area (Å²) in [6.07, 6.45) is 3.33. The molecule has 0 bridgehead atoms. The van der Waals surface area contributed by atoms with Gasteiger partial charge in [0.15, 0.2) is 0 Å². The molecule has 1 aromatic carbocycles. The summed E-state index contributed by atoms with van der Waals surface area (Å²) in [5.41, 5.74) is -1.71. The topological polar surface area (TPSA) is 75.2 Å². The molecule has 0 aliphatic heterocycles. The highest BCUT2D eigenvalue weighted by Crippen LogP contribution is 2.33.